The number of benzene rings is 2. The summed E-state index contributed by atoms with van der Waals surface area (Å²) in [7, 11) is 0. The van der Waals surface area contributed by atoms with E-state index in [1.54, 1.807) is 12.3 Å². The summed E-state index contributed by atoms with van der Waals surface area (Å²) in [4.78, 5) is 5.78. The topological polar surface area (TPSA) is 125 Å². The first-order valence-electron chi connectivity index (χ1n) is 11.6. The highest BCUT2D eigenvalue weighted by Crippen LogP contribution is 2.40. The van der Waals surface area contributed by atoms with Crippen LogP contribution in [0.15, 0.2) is 48.7 Å². The number of nitrogens with zero attached hydrogens (tertiary/aromatic N) is 6. The fourth-order valence-electron chi connectivity index (χ4n) is 4.79. The maximum absolute atomic E-state index is 14.4. The van der Waals surface area contributed by atoms with Crippen molar-refractivity contribution in [3.8, 4) is 33.9 Å². The summed E-state index contributed by atoms with van der Waals surface area (Å²) in [5.74, 6) is 0.251. The van der Waals surface area contributed by atoms with Crippen LogP contribution in [0.1, 0.15) is 18.4 Å². The average molecular weight is 470 g/mol. The molecule has 1 saturated heterocycles. The van der Waals surface area contributed by atoms with Gasteiger partial charge in [0.15, 0.2) is 0 Å². The number of rotatable bonds is 4. The number of hydrogen-bond acceptors (Lipinski definition) is 7. The van der Waals surface area contributed by atoms with Crippen molar-refractivity contribution in [2.45, 2.75) is 25.8 Å². The summed E-state index contributed by atoms with van der Waals surface area (Å²) in [6, 6.07) is 13.2. The molecule has 35 heavy (non-hydrogen) atoms. The van der Waals surface area contributed by atoms with Gasteiger partial charge in [0.05, 0.1) is 17.6 Å². The molecule has 0 aliphatic carbocycles. The molecule has 1 aliphatic heterocycles. The monoisotopic (exact) mass is 469 g/mol. The maximum atomic E-state index is 14.4. The van der Waals surface area contributed by atoms with Gasteiger partial charge in [0.1, 0.15) is 11.5 Å². The Labute approximate surface area is 200 Å². The Kier molecular flexibility index (Phi) is 5.22. The number of hydrogen-bond donors (Lipinski definition) is 3. The molecule has 1 aliphatic rings. The van der Waals surface area contributed by atoms with E-state index >= 15 is 0 Å². The molecule has 6 rings (SSSR count). The van der Waals surface area contributed by atoms with Crippen LogP contribution in [0.2, 0.25) is 0 Å². The third-order valence-electron chi connectivity index (χ3n) is 6.51. The van der Waals surface area contributed by atoms with Crippen molar-refractivity contribution in [3.63, 3.8) is 0 Å². The second kappa shape index (κ2) is 8.55. The van der Waals surface area contributed by atoms with Crippen molar-refractivity contribution in [2.75, 3.05) is 18.0 Å². The van der Waals surface area contributed by atoms with Crippen molar-refractivity contribution < 1.29 is 4.39 Å². The summed E-state index contributed by atoms with van der Waals surface area (Å²) in [6.07, 6.45) is 3.48. The van der Waals surface area contributed by atoms with E-state index < -0.39 is 0 Å². The Morgan fingerprint density at radius 2 is 1.89 bits per heavy atom. The van der Waals surface area contributed by atoms with Crippen LogP contribution in [0, 0.1) is 12.7 Å². The molecule has 0 bridgehead atoms. The second-order valence-corrected chi connectivity index (χ2v) is 9.02. The number of aromatic nitrogens is 7. The standard InChI is InChI=1S/C25H24FN9/c1-14-8-17(10-18(26)9-14)20-13-28-30-23(24(20)35-6-4-19(27)5-7-35)22-11-15-2-3-16(12-21(15)29-22)25-31-33-34-32-25/h2-3,8-13,19,29H,4-7,27H2,1H3,(H,31,32,33,34). The van der Waals surface area contributed by atoms with E-state index in [1.807, 2.05) is 31.2 Å². The normalized spacial score (nSPS) is 14.7. The molecule has 0 amide bonds. The van der Waals surface area contributed by atoms with Gasteiger partial charge in [0.2, 0.25) is 5.82 Å². The first kappa shape index (κ1) is 21.4. The lowest BCUT2D eigenvalue weighted by Crippen LogP contribution is -2.40. The van der Waals surface area contributed by atoms with Gasteiger partial charge in [-0.1, -0.05) is 18.2 Å². The van der Waals surface area contributed by atoms with Gasteiger partial charge in [0, 0.05) is 41.2 Å². The fraction of sp³-hybridized carbons (Fsp3) is 0.240. The van der Waals surface area contributed by atoms with Crippen LogP contribution in [0.3, 0.4) is 0 Å². The predicted molar refractivity (Wildman–Crippen MR) is 132 cm³/mol. The summed E-state index contributed by atoms with van der Waals surface area (Å²) in [5, 5.41) is 24.2. The molecule has 0 atom stereocenters. The molecule has 176 valence electrons. The molecule has 0 radical (unpaired) electrons. The van der Waals surface area contributed by atoms with Crippen molar-refractivity contribution in [3.05, 3.63) is 60.0 Å². The predicted octanol–water partition coefficient (Wildman–Crippen LogP) is 3.85. The first-order chi connectivity index (χ1) is 17.0. The fourth-order valence-corrected chi connectivity index (χ4v) is 4.79. The van der Waals surface area contributed by atoms with Crippen LogP contribution in [0.4, 0.5) is 10.1 Å². The van der Waals surface area contributed by atoms with Gasteiger partial charge in [-0.05, 0) is 60.4 Å². The SMILES string of the molecule is Cc1cc(F)cc(-c2cnnc(-c3cc4ccc(-c5nn[nH]n5)cc4[nH]3)c2N2CCC(N)CC2)c1. The lowest BCUT2D eigenvalue weighted by molar-refractivity contribution is 0.501. The van der Waals surface area contributed by atoms with E-state index in [1.165, 1.54) is 6.07 Å². The maximum Gasteiger partial charge on any atom is 0.204 e. The third-order valence-corrected chi connectivity index (χ3v) is 6.51. The Morgan fingerprint density at radius 1 is 1.03 bits per heavy atom. The second-order valence-electron chi connectivity index (χ2n) is 9.02. The molecule has 10 heteroatoms. The number of nitrogens with one attached hydrogen (secondary N) is 2. The number of piperidine rings is 1. The highest BCUT2D eigenvalue weighted by Gasteiger charge is 2.25. The van der Waals surface area contributed by atoms with Gasteiger partial charge >= 0.3 is 0 Å². The van der Waals surface area contributed by atoms with Gasteiger partial charge < -0.3 is 15.6 Å². The number of nitrogens with two attached hydrogens (primary N) is 1. The molecule has 0 unspecified atom stereocenters. The summed E-state index contributed by atoms with van der Waals surface area (Å²) >= 11 is 0. The molecule has 0 saturated carbocycles. The van der Waals surface area contributed by atoms with Crippen molar-refractivity contribution >= 4 is 16.6 Å². The number of H-pyrrole nitrogens is 2. The van der Waals surface area contributed by atoms with Crippen LogP contribution in [0.5, 0.6) is 0 Å². The number of aryl methyl sites for hydroxylation is 1. The van der Waals surface area contributed by atoms with Gasteiger partial charge in [-0.2, -0.15) is 10.3 Å². The molecule has 3 aromatic heterocycles. The Bertz CT molecular complexity index is 1480. The molecule has 4 N–H and O–H groups in total. The van der Waals surface area contributed by atoms with Gasteiger partial charge in [-0.3, -0.25) is 0 Å². The Morgan fingerprint density at radius 3 is 2.66 bits per heavy atom. The summed E-state index contributed by atoms with van der Waals surface area (Å²) in [5.41, 5.74) is 12.9. The zero-order valence-corrected chi connectivity index (χ0v) is 19.2. The minimum atomic E-state index is -0.274. The molecule has 2 aromatic carbocycles. The average Bonchev–Trinajstić information content (AvgIpc) is 3.53. The van der Waals surface area contributed by atoms with Gasteiger partial charge in [-0.15, -0.1) is 15.3 Å². The van der Waals surface area contributed by atoms with E-state index in [-0.39, 0.29) is 11.9 Å². The molecule has 1 fully saturated rings. The largest absolute Gasteiger partial charge is 0.369 e. The van der Waals surface area contributed by atoms with Crippen LogP contribution in [-0.4, -0.2) is 54.9 Å². The number of fused-ring (bicyclic) bond motifs is 1. The number of halogens is 1. The van der Waals surface area contributed by atoms with Crippen LogP contribution in [-0.2, 0) is 0 Å². The molecule has 4 heterocycles. The quantitative estimate of drug-likeness (QED) is 0.365. The number of tetrazole rings is 1. The van der Waals surface area contributed by atoms with Crippen LogP contribution < -0.4 is 10.6 Å². The summed E-state index contributed by atoms with van der Waals surface area (Å²) in [6.45, 7) is 3.48. The molecule has 9 nitrogen and oxygen atoms in total. The Balaban J connectivity index is 1.51. The Hall–Kier alpha value is -4.18. The van der Waals surface area contributed by atoms with Crippen LogP contribution in [0.25, 0.3) is 44.8 Å². The smallest absolute Gasteiger partial charge is 0.204 e. The van der Waals surface area contributed by atoms with E-state index in [0.717, 1.165) is 76.2 Å². The van der Waals surface area contributed by atoms with Gasteiger partial charge in [0.25, 0.3) is 0 Å². The minimum absolute atomic E-state index is 0.181. The highest BCUT2D eigenvalue weighted by atomic mass is 19.1. The molecule has 0 spiro atoms. The lowest BCUT2D eigenvalue weighted by atomic mass is 9.98. The van der Waals surface area contributed by atoms with Crippen molar-refractivity contribution in [2.24, 2.45) is 5.73 Å². The number of aromatic amines is 2. The minimum Gasteiger partial charge on any atom is -0.369 e. The van der Waals surface area contributed by atoms with E-state index in [0.29, 0.717) is 5.82 Å². The van der Waals surface area contributed by atoms with Gasteiger partial charge in [-0.25, -0.2) is 4.39 Å². The number of anilines is 1. The lowest BCUT2D eigenvalue weighted by Gasteiger charge is -2.34. The summed E-state index contributed by atoms with van der Waals surface area (Å²) < 4.78 is 14.4. The molecular weight excluding hydrogens is 445 g/mol. The van der Waals surface area contributed by atoms with Crippen molar-refractivity contribution in [1.29, 1.82) is 0 Å². The zero-order chi connectivity index (χ0) is 23.9. The zero-order valence-electron chi connectivity index (χ0n) is 19.2. The van der Waals surface area contributed by atoms with Crippen molar-refractivity contribution in [1.82, 2.24) is 35.8 Å². The highest BCUT2D eigenvalue weighted by molar-refractivity contribution is 5.93. The molecular formula is C25H24FN9. The molecule has 5 aromatic rings. The van der Waals surface area contributed by atoms with E-state index in [9.17, 15) is 4.39 Å². The third kappa shape index (κ3) is 4.01. The van der Waals surface area contributed by atoms with E-state index in [2.05, 4.69) is 46.8 Å². The first-order valence-corrected chi connectivity index (χ1v) is 11.6. The van der Waals surface area contributed by atoms with Crippen LogP contribution >= 0.6 is 0 Å². The van der Waals surface area contributed by atoms with E-state index in [4.69, 9.17) is 5.73 Å².